The molecular weight excluding hydrogens is 262 g/mol. The van der Waals surface area contributed by atoms with Crippen molar-refractivity contribution in [1.82, 2.24) is 5.32 Å². The van der Waals surface area contributed by atoms with Crippen molar-refractivity contribution in [3.63, 3.8) is 0 Å². The molecule has 0 spiro atoms. The molecular formula is C18H27NO2. The van der Waals surface area contributed by atoms with E-state index in [1.165, 1.54) is 37.7 Å². The lowest BCUT2D eigenvalue weighted by Crippen LogP contribution is -2.28. The zero-order valence-electron chi connectivity index (χ0n) is 13.3. The fourth-order valence-electron chi connectivity index (χ4n) is 3.33. The second-order valence-electron chi connectivity index (χ2n) is 7.15. The number of hydrogen-bond acceptors (Lipinski definition) is 3. The number of fused-ring (bicyclic) bond motifs is 1. The maximum Gasteiger partial charge on any atom is 0.161 e. The average Bonchev–Trinajstić information content (AvgIpc) is 2.66. The van der Waals surface area contributed by atoms with E-state index in [0.29, 0.717) is 24.7 Å². The van der Waals surface area contributed by atoms with Gasteiger partial charge in [0, 0.05) is 12.6 Å². The van der Waals surface area contributed by atoms with Gasteiger partial charge in [0.2, 0.25) is 0 Å². The van der Waals surface area contributed by atoms with Crippen LogP contribution in [0, 0.1) is 5.41 Å². The summed E-state index contributed by atoms with van der Waals surface area (Å²) in [5, 5.41) is 3.73. The van der Waals surface area contributed by atoms with Crippen molar-refractivity contribution in [2.45, 2.75) is 58.5 Å². The molecule has 116 valence electrons. The van der Waals surface area contributed by atoms with E-state index < -0.39 is 0 Å². The number of ether oxygens (including phenoxy) is 2. The molecule has 0 radical (unpaired) electrons. The number of benzene rings is 1. The third kappa shape index (κ3) is 3.91. The van der Waals surface area contributed by atoms with Gasteiger partial charge in [-0.1, -0.05) is 26.3 Å². The molecule has 1 aliphatic heterocycles. The van der Waals surface area contributed by atoms with Gasteiger partial charge in [-0.15, -0.1) is 0 Å². The van der Waals surface area contributed by atoms with E-state index in [4.69, 9.17) is 9.47 Å². The smallest absolute Gasteiger partial charge is 0.161 e. The summed E-state index contributed by atoms with van der Waals surface area (Å²) in [5.74, 6) is 1.77. The summed E-state index contributed by atoms with van der Waals surface area (Å²) in [6.45, 7) is 7.03. The van der Waals surface area contributed by atoms with Gasteiger partial charge in [0.25, 0.3) is 0 Å². The zero-order valence-corrected chi connectivity index (χ0v) is 13.3. The van der Waals surface area contributed by atoms with Gasteiger partial charge in [0.15, 0.2) is 11.5 Å². The van der Waals surface area contributed by atoms with E-state index in [1.807, 2.05) is 6.07 Å². The molecule has 1 aliphatic carbocycles. The normalized spacial score (nSPS) is 24.4. The molecule has 3 rings (SSSR count). The van der Waals surface area contributed by atoms with Crippen molar-refractivity contribution in [2.24, 2.45) is 5.41 Å². The molecule has 0 saturated heterocycles. The first-order valence-electron chi connectivity index (χ1n) is 8.24. The predicted molar refractivity (Wildman–Crippen MR) is 84.9 cm³/mol. The van der Waals surface area contributed by atoms with Crippen LogP contribution in [0.4, 0.5) is 0 Å². The summed E-state index contributed by atoms with van der Waals surface area (Å²) in [7, 11) is 0. The highest BCUT2D eigenvalue weighted by molar-refractivity contribution is 5.43. The second kappa shape index (κ2) is 6.27. The van der Waals surface area contributed by atoms with Crippen LogP contribution in [0.3, 0.4) is 0 Å². The Morgan fingerprint density at radius 3 is 2.76 bits per heavy atom. The summed E-state index contributed by atoms with van der Waals surface area (Å²) in [6, 6.07) is 6.94. The fraction of sp³-hybridized carbons (Fsp3) is 0.667. The molecule has 1 saturated carbocycles. The van der Waals surface area contributed by atoms with Gasteiger partial charge in [-0.25, -0.2) is 0 Å². The largest absolute Gasteiger partial charge is 0.486 e. The van der Waals surface area contributed by atoms with E-state index in [1.54, 1.807) is 0 Å². The van der Waals surface area contributed by atoms with Gasteiger partial charge >= 0.3 is 0 Å². The third-order valence-electron chi connectivity index (χ3n) is 4.78. The van der Waals surface area contributed by atoms with Crippen LogP contribution in [0.25, 0.3) is 0 Å². The first kappa shape index (κ1) is 14.7. The van der Waals surface area contributed by atoms with Crippen LogP contribution < -0.4 is 14.8 Å². The standard InChI is InChI=1S/C18H27NO2/c1-18(2)8-3-4-15(7-9-18)19-13-14-5-6-16-17(12-14)21-11-10-20-16/h5-6,12,15,19H,3-4,7-11,13H2,1-2H3. The lowest BCUT2D eigenvalue weighted by Gasteiger charge is -2.22. The molecule has 3 nitrogen and oxygen atoms in total. The van der Waals surface area contributed by atoms with Crippen molar-refractivity contribution < 1.29 is 9.47 Å². The van der Waals surface area contributed by atoms with Crippen molar-refractivity contribution in [1.29, 1.82) is 0 Å². The van der Waals surface area contributed by atoms with Crippen LogP contribution in [0.15, 0.2) is 18.2 Å². The van der Waals surface area contributed by atoms with Crippen molar-refractivity contribution in [2.75, 3.05) is 13.2 Å². The van der Waals surface area contributed by atoms with Crippen molar-refractivity contribution in [3.8, 4) is 11.5 Å². The maximum atomic E-state index is 5.65. The Balaban J connectivity index is 1.55. The quantitative estimate of drug-likeness (QED) is 0.856. The number of rotatable bonds is 3. The molecule has 3 heteroatoms. The minimum absolute atomic E-state index is 0.521. The Hall–Kier alpha value is -1.22. The number of hydrogen-bond donors (Lipinski definition) is 1. The van der Waals surface area contributed by atoms with Crippen LogP contribution in [0.5, 0.6) is 11.5 Å². The summed E-state index contributed by atoms with van der Waals surface area (Å²) >= 11 is 0. The van der Waals surface area contributed by atoms with Crippen molar-refractivity contribution in [3.05, 3.63) is 23.8 Å². The third-order valence-corrected chi connectivity index (χ3v) is 4.78. The Kier molecular flexibility index (Phi) is 4.39. The zero-order chi connectivity index (χ0) is 14.7. The van der Waals surface area contributed by atoms with Crippen LogP contribution >= 0.6 is 0 Å². The average molecular weight is 289 g/mol. The second-order valence-corrected chi connectivity index (χ2v) is 7.15. The highest BCUT2D eigenvalue weighted by atomic mass is 16.6. The molecule has 1 N–H and O–H groups in total. The monoisotopic (exact) mass is 289 g/mol. The molecule has 1 atom stereocenters. The molecule has 0 amide bonds. The molecule has 1 unspecified atom stereocenters. The van der Waals surface area contributed by atoms with Crippen LogP contribution in [-0.4, -0.2) is 19.3 Å². The van der Waals surface area contributed by atoms with E-state index >= 15 is 0 Å². The minimum Gasteiger partial charge on any atom is -0.486 e. The van der Waals surface area contributed by atoms with Gasteiger partial charge in [0.05, 0.1) is 0 Å². The molecule has 0 bridgehead atoms. The Morgan fingerprint density at radius 2 is 1.90 bits per heavy atom. The first-order chi connectivity index (χ1) is 10.1. The molecule has 1 fully saturated rings. The van der Waals surface area contributed by atoms with Crippen molar-refractivity contribution >= 4 is 0 Å². The van der Waals surface area contributed by atoms with E-state index in [2.05, 4.69) is 31.3 Å². The first-order valence-corrected chi connectivity index (χ1v) is 8.24. The molecule has 1 aromatic carbocycles. The van der Waals surface area contributed by atoms with E-state index in [9.17, 15) is 0 Å². The fourth-order valence-corrected chi connectivity index (χ4v) is 3.33. The summed E-state index contributed by atoms with van der Waals surface area (Å²) in [6.07, 6.45) is 6.61. The summed E-state index contributed by atoms with van der Waals surface area (Å²) in [4.78, 5) is 0. The summed E-state index contributed by atoms with van der Waals surface area (Å²) in [5.41, 5.74) is 1.80. The molecule has 0 aromatic heterocycles. The Morgan fingerprint density at radius 1 is 1.10 bits per heavy atom. The lowest BCUT2D eigenvalue weighted by molar-refractivity contribution is 0.171. The summed E-state index contributed by atoms with van der Waals surface area (Å²) < 4.78 is 11.2. The highest BCUT2D eigenvalue weighted by Gasteiger charge is 2.24. The van der Waals surface area contributed by atoms with Gasteiger partial charge in [-0.3, -0.25) is 0 Å². The predicted octanol–water partition coefficient (Wildman–Crippen LogP) is 3.91. The number of nitrogens with one attached hydrogen (secondary N) is 1. The van der Waals surface area contributed by atoms with Gasteiger partial charge < -0.3 is 14.8 Å². The molecule has 1 aromatic rings. The lowest BCUT2D eigenvalue weighted by atomic mass is 9.85. The molecule has 21 heavy (non-hydrogen) atoms. The maximum absolute atomic E-state index is 5.65. The van der Waals surface area contributed by atoms with Crippen LogP contribution in [-0.2, 0) is 6.54 Å². The van der Waals surface area contributed by atoms with Gasteiger partial charge in [-0.05, 0) is 48.8 Å². The van der Waals surface area contributed by atoms with E-state index in [-0.39, 0.29) is 0 Å². The van der Waals surface area contributed by atoms with Crippen LogP contribution in [0.2, 0.25) is 0 Å². The molecule has 1 heterocycles. The molecule has 2 aliphatic rings. The SMILES string of the molecule is CC1(C)CCCC(NCc2ccc3c(c2)OCCO3)CC1. The van der Waals surface area contributed by atoms with Gasteiger partial charge in [-0.2, -0.15) is 0 Å². The van der Waals surface area contributed by atoms with Gasteiger partial charge in [0.1, 0.15) is 13.2 Å². The topological polar surface area (TPSA) is 30.5 Å². The minimum atomic E-state index is 0.521. The van der Waals surface area contributed by atoms with Crippen LogP contribution in [0.1, 0.15) is 51.5 Å². The Labute approximate surface area is 128 Å². The highest BCUT2D eigenvalue weighted by Crippen LogP contribution is 2.34. The Bertz CT molecular complexity index is 484. The van der Waals surface area contributed by atoms with E-state index in [0.717, 1.165) is 18.0 Å².